The quantitative estimate of drug-likeness (QED) is 0.616. The van der Waals surface area contributed by atoms with Crippen molar-refractivity contribution in [3.05, 3.63) is 35.9 Å². The van der Waals surface area contributed by atoms with Crippen LogP contribution in [0.3, 0.4) is 0 Å². The lowest BCUT2D eigenvalue weighted by Gasteiger charge is -2.07. The minimum Gasteiger partial charge on any atom is -0.235 e. The van der Waals surface area contributed by atoms with E-state index in [0.717, 1.165) is 0 Å². The third-order valence-corrected chi connectivity index (χ3v) is 3.02. The molecule has 0 amide bonds. The van der Waals surface area contributed by atoms with Crippen LogP contribution in [0.15, 0.2) is 30.3 Å². The van der Waals surface area contributed by atoms with Gasteiger partial charge >= 0.3 is 0 Å². The highest BCUT2D eigenvalue weighted by molar-refractivity contribution is 6.52. The maximum absolute atomic E-state index is 13.7. The maximum Gasteiger partial charge on any atom is 0.171 e. The van der Waals surface area contributed by atoms with Crippen LogP contribution in [0.2, 0.25) is 0 Å². The first-order valence-corrected chi connectivity index (χ1v) is 4.44. The van der Waals surface area contributed by atoms with Gasteiger partial charge in [-0.05, 0) is 5.56 Å². The lowest BCUT2D eigenvalue weighted by atomic mass is 10.1. The van der Waals surface area contributed by atoms with Gasteiger partial charge in [0.2, 0.25) is 0 Å². The summed E-state index contributed by atoms with van der Waals surface area (Å²) in [7, 11) is 0. The molecule has 0 radical (unpaired) electrons. The van der Waals surface area contributed by atoms with Crippen molar-refractivity contribution in [3.63, 3.8) is 0 Å². The monoisotopic (exact) mass is 204 g/mol. The second-order valence-electron chi connectivity index (χ2n) is 3.05. The minimum absolute atomic E-state index is 0.188. The number of rotatable bonds is 1. The summed E-state index contributed by atoms with van der Waals surface area (Å²) in [6, 6.07) is 8.79. The van der Waals surface area contributed by atoms with Crippen molar-refractivity contribution in [3.8, 4) is 0 Å². The van der Waals surface area contributed by atoms with Crippen molar-refractivity contribution in [1.82, 2.24) is 0 Å². The average molecular weight is 205 g/mol. The topological polar surface area (TPSA) is 0 Å². The van der Waals surface area contributed by atoms with Gasteiger partial charge in [-0.2, -0.15) is 0 Å². The van der Waals surface area contributed by atoms with E-state index in [-0.39, 0.29) is 6.42 Å². The zero-order valence-corrected chi connectivity index (χ0v) is 7.74. The predicted molar refractivity (Wildman–Crippen MR) is 48.3 cm³/mol. The Morgan fingerprint density at radius 2 is 1.67 bits per heavy atom. The summed E-state index contributed by atoms with van der Waals surface area (Å²) in [5.41, 5.74) is -0.966. The van der Waals surface area contributed by atoms with E-state index in [9.17, 15) is 4.39 Å². The normalized spacial score (nSPS) is 31.6. The third-order valence-electron chi connectivity index (χ3n) is 2.15. The number of hydrogen-bond donors (Lipinski definition) is 0. The molecule has 2 rings (SSSR count). The smallest absolute Gasteiger partial charge is 0.171 e. The zero-order valence-electron chi connectivity index (χ0n) is 6.23. The first-order chi connectivity index (χ1) is 5.56. The molecule has 3 heteroatoms. The van der Waals surface area contributed by atoms with Crippen LogP contribution in [0, 0.1) is 0 Å². The van der Waals surface area contributed by atoms with E-state index in [4.69, 9.17) is 23.2 Å². The van der Waals surface area contributed by atoms with Crippen molar-refractivity contribution in [1.29, 1.82) is 0 Å². The average Bonchev–Trinajstić information content (AvgIpc) is 2.55. The summed E-state index contributed by atoms with van der Waals surface area (Å²) < 4.78 is 12.5. The fourth-order valence-electron chi connectivity index (χ4n) is 1.28. The summed E-state index contributed by atoms with van der Waals surface area (Å²) in [4.78, 5) is 0. The van der Waals surface area contributed by atoms with Crippen LogP contribution in [0.25, 0.3) is 0 Å². The molecule has 0 aliphatic heterocycles. The van der Waals surface area contributed by atoms with E-state index >= 15 is 0 Å². The molecule has 1 saturated carbocycles. The first-order valence-electron chi connectivity index (χ1n) is 3.68. The van der Waals surface area contributed by atoms with Gasteiger partial charge in [-0.3, -0.25) is 0 Å². The molecule has 0 N–H and O–H groups in total. The Labute approximate surface area is 80.3 Å². The van der Waals surface area contributed by atoms with E-state index in [1.807, 2.05) is 6.07 Å². The second kappa shape index (κ2) is 2.36. The Morgan fingerprint density at radius 1 is 1.17 bits per heavy atom. The molecule has 64 valence electrons. The molecule has 0 bridgehead atoms. The standard InChI is InChI=1S/C9H7Cl2F/c10-9(11)6-8(9,12)7-4-2-1-3-5-7/h1-5H,6H2/t8-/m1/s1. The van der Waals surface area contributed by atoms with Crippen LogP contribution < -0.4 is 0 Å². The van der Waals surface area contributed by atoms with Gasteiger partial charge in [0.05, 0.1) is 0 Å². The Hall–Kier alpha value is -0.270. The minimum atomic E-state index is -1.53. The molecule has 1 aromatic carbocycles. The van der Waals surface area contributed by atoms with Gasteiger partial charge in [0.1, 0.15) is 0 Å². The highest BCUT2D eigenvalue weighted by Crippen LogP contribution is 2.65. The van der Waals surface area contributed by atoms with E-state index in [0.29, 0.717) is 5.56 Å². The molecule has 0 nitrogen and oxygen atoms in total. The zero-order chi connectivity index (χ0) is 8.82. The number of halogens is 3. The van der Waals surface area contributed by atoms with Gasteiger partial charge in [-0.1, -0.05) is 53.5 Å². The fraction of sp³-hybridized carbons (Fsp3) is 0.333. The van der Waals surface area contributed by atoms with Crippen LogP contribution in [0.4, 0.5) is 4.39 Å². The van der Waals surface area contributed by atoms with Crippen molar-refractivity contribution in [2.24, 2.45) is 0 Å². The number of hydrogen-bond acceptors (Lipinski definition) is 0. The van der Waals surface area contributed by atoms with Gasteiger partial charge in [0.15, 0.2) is 10.0 Å². The van der Waals surface area contributed by atoms with Crippen LogP contribution in [0.5, 0.6) is 0 Å². The molecule has 0 aromatic heterocycles. The van der Waals surface area contributed by atoms with Gasteiger partial charge in [-0.25, -0.2) is 4.39 Å². The Balaban J connectivity index is 2.35. The maximum atomic E-state index is 13.7. The molecule has 0 heterocycles. The largest absolute Gasteiger partial charge is 0.235 e. The molecule has 1 aliphatic carbocycles. The second-order valence-corrected chi connectivity index (χ2v) is 4.53. The molecular weight excluding hydrogens is 198 g/mol. The van der Waals surface area contributed by atoms with E-state index in [1.165, 1.54) is 0 Å². The summed E-state index contributed by atoms with van der Waals surface area (Å²) in [6.45, 7) is 0. The van der Waals surface area contributed by atoms with E-state index in [1.54, 1.807) is 24.3 Å². The van der Waals surface area contributed by atoms with Crippen LogP contribution in [-0.2, 0) is 5.67 Å². The third kappa shape index (κ3) is 1.04. The van der Waals surface area contributed by atoms with Crippen molar-refractivity contribution in [2.75, 3.05) is 0 Å². The Morgan fingerprint density at radius 3 is 2.08 bits per heavy atom. The van der Waals surface area contributed by atoms with Crippen molar-refractivity contribution < 1.29 is 4.39 Å². The van der Waals surface area contributed by atoms with Gasteiger partial charge < -0.3 is 0 Å². The first kappa shape index (κ1) is 8.33. The van der Waals surface area contributed by atoms with Gasteiger partial charge in [-0.15, -0.1) is 0 Å². The van der Waals surface area contributed by atoms with Crippen LogP contribution in [0.1, 0.15) is 12.0 Å². The molecule has 12 heavy (non-hydrogen) atoms. The van der Waals surface area contributed by atoms with Gasteiger partial charge in [0, 0.05) is 6.42 Å². The molecule has 1 aromatic rings. The Bertz CT molecular complexity index is 297. The highest BCUT2D eigenvalue weighted by atomic mass is 35.5. The van der Waals surface area contributed by atoms with Crippen molar-refractivity contribution in [2.45, 2.75) is 16.4 Å². The summed E-state index contributed by atoms with van der Waals surface area (Å²) in [6.07, 6.45) is 0.188. The van der Waals surface area contributed by atoms with Crippen LogP contribution >= 0.6 is 23.2 Å². The van der Waals surface area contributed by atoms with E-state index < -0.39 is 10.0 Å². The molecule has 1 atom stereocenters. The number of benzene rings is 1. The lowest BCUT2D eigenvalue weighted by molar-refractivity contribution is 0.312. The summed E-state index contributed by atoms with van der Waals surface area (Å²) in [5, 5.41) is 0. The molecule has 1 aliphatic rings. The fourth-order valence-corrected chi connectivity index (χ4v) is 1.86. The molecule has 1 fully saturated rings. The lowest BCUT2D eigenvalue weighted by Crippen LogP contribution is -2.07. The SMILES string of the molecule is F[C@@]1(c2ccccc2)CC1(Cl)Cl. The summed E-state index contributed by atoms with van der Waals surface area (Å²) in [5.74, 6) is 0. The highest BCUT2D eigenvalue weighted by Gasteiger charge is 2.69. The van der Waals surface area contributed by atoms with Crippen LogP contribution in [-0.4, -0.2) is 4.33 Å². The van der Waals surface area contributed by atoms with Gasteiger partial charge in [0.25, 0.3) is 0 Å². The molecular formula is C9H7Cl2F. The molecule has 0 unspecified atom stereocenters. The van der Waals surface area contributed by atoms with Crippen molar-refractivity contribution >= 4 is 23.2 Å². The number of alkyl halides is 3. The summed E-state index contributed by atoms with van der Waals surface area (Å²) >= 11 is 11.3. The molecule has 0 spiro atoms. The molecule has 0 saturated heterocycles. The van der Waals surface area contributed by atoms with E-state index in [2.05, 4.69) is 0 Å². The predicted octanol–water partition coefficient (Wildman–Crippen LogP) is 3.43. The Kier molecular flexibility index (Phi) is 1.64.